The molecular formula is C14H18N2O. The van der Waals surface area contributed by atoms with Crippen LogP contribution in [0.15, 0.2) is 30.3 Å². The minimum Gasteiger partial charge on any atom is -0.358 e. The quantitative estimate of drug-likeness (QED) is 0.874. The van der Waals surface area contributed by atoms with Gasteiger partial charge in [-0.2, -0.15) is 0 Å². The van der Waals surface area contributed by atoms with Crippen molar-refractivity contribution in [1.82, 2.24) is 9.88 Å². The second-order valence-electron chi connectivity index (χ2n) is 4.68. The Balaban J connectivity index is 2.25. The molecule has 1 aromatic carbocycles. The summed E-state index contributed by atoms with van der Waals surface area (Å²) >= 11 is 0. The van der Waals surface area contributed by atoms with Crippen molar-refractivity contribution in [3.63, 3.8) is 0 Å². The minimum absolute atomic E-state index is 0.0527. The van der Waals surface area contributed by atoms with E-state index in [0.29, 0.717) is 0 Å². The van der Waals surface area contributed by atoms with E-state index >= 15 is 0 Å². The first-order valence-electron chi connectivity index (χ1n) is 5.81. The lowest BCUT2D eigenvalue weighted by atomic mass is 10.1. The first-order valence-corrected chi connectivity index (χ1v) is 5.81. The van der Waals surface area contributed by atoms with E-state index in [-0.39, 0.29) is 11.8 Å². The van der Waals surface area contributed by atoms with Crippen molar-refractivity contribution in [1.29, 1.82) is 0 Å². The van der Waals surface area contributed by atoms with Crippen LogP contribution in [0.5, 0.6) is 0 Å². The van der Waals surface area contributed by atoms with Crippen molar-refractivity contribution < 1.29 is 4.79 Å². The third-order valence-corrected chi connectivity index (χ3v) is 3.09. The van der Waals surface area contributed by atoms with E-state index in [1.54, 1.807) is 6.92 Å². The van der Waals surface area contributed by atoms with Crippen LogP contribution in [0.3, 0.4) is 0 Å². The van der Waals surface area contributed by atoms with Gasteiger partial charge in [0.25, 0.3) is 0 Å². The molecule has 1 N–H and O–H groups in total. The molecule has 1 heterocycles. The Kier molecular flexibility index (Phi) is 3.29. The molecule has 0 bridgehead atoms. The molecular weight excluding hydrogens is 212 g/mol. The maximum Gasteiger partial charge on any atom is 0.147 e. The molecule has 0 aliphatic heterocycles. The van der Waals surface area contributed by atoms with Gasteiger partial charge in [0.2, 0.25) is 0 Å². The lowest BCUT2D eigenvalue weighted by molar-refractivity contribution is -0.121. The Labute approximate surface area is 101 Å². The number of likely N-dealkylation sites (N-methyl/N-ethyl adjacent to an activating group) is 1. The van der Waals surface area contributed by atoms with Gasteiger partial charge in [-0.15, -0.1) is 0 Å². The predicted octanol–water partition coefficient (Wildman–Crippen LogP) is 2.23. The van der Waals surface area contributed by atoms with Crippen LogP contribution in [0.1, 0.15) is 12.6 Å². The first-order chi connectivity index (χ1) is 8.08. The van der Waals surface area contributed by atoms with Crippen molar-refractivity contribution in [3.8, 4) is 0 Å². The van der Waals surface area contributed by atoms with Crippen LogP contribution >= 0.6 is 0 Å². The fraction of sp³-hybridized carbons (Fsp3) is 0.357. The highest BCUT2D eigenvalue weighted by atomic mass is 16.1. The van der Waals surface area contributed by atoms with E-state index in [9.17, 15) is 4.79 Å². The molecule has 0 spiro atoms. The number of hydrogen-bond acceptors (Lipinski definition) is 2. The van der Waals surface area contributed by atoms with Crippen LogP contribution in [0, 0.1) is 0 Å². The third-order valence-electron chi connectivity index (χ3n) is 3.09. The minimum atomic E-state index is -0.0527. The number of benzene rings is 1. The van der Waals surface area contributed by atoms with Gasteiger partial charge in [-0.25, -0.2) is 0 Å². The number of Topliss-reactive ketones (excluding diaryl/α,β-unsaturated/α-hetero) is 1. The zero-order valence-electron chi connectivity index (χ0n) is 10.5. The molecule has 0 saturated carbocycles. The summed E-state index contributed by atoms with van der Waals surface area (Å²) in [5, 5.41) is 1.20. The number of aromatic amines is 1. The van der Waals surface area contributed by atoms with Crippen LogP contribution in [0.2, 0.25) is 0 Å². The molecule has 0 saturated heterocycles. The molecule has 3 nitrogen and oxygen atoms in total. The monoisotopic (exact) mass is 230 g/mol. The Morgan fingerprint density at radius 2 is 2.06 bits per heavy atom. The summed E-state index contributed by atoms with van der Waals surface area (Å²) in [7, 11) is 3.88. The Morgan fingerprint density at radius 1 is 1.35 bits per heavy atom. The molecule has 1 aromatic heterocycles. The molecule has 2 rings (SSSR count). The number of carbonyl (C=O) groups is 1. The number of nitrogens with zero attached hydrogens (tertiary/aromatic N) is 1. The second-order valence-corrected chi connectivity index (χ2v) is 4.68. The van der Waals surface area contributed by atoms with Crippen LogP contribution in [-0.2, 0) is 11.2 Å². The van der Waals surface area contributed by atoms with Gasteiger partial charge >= 0.3 is 0 Å². The average Bonchev–Trinajstić information content (AvgIpc) is 2.67. The van der Waals surface area contributed by atoms with E-state index in [1.807, 2.05) is 31.1 Å². The molecule has 0 fully saturated rings. The SMILES string of the molecule is CC(=O)[C@@H](Cc1cc2ccccc2[nH]1)N(C)C. The smallest absolute Gasteiger partial charge is 0.147 e. The standard InChI is InChI=1S/C14H18N2O/c1-10(17)14(16(2)3)9-12-8-11-6-4-5-7-13(11)15-12/h4-8,14-15H,9H2,1-3H3/t14-/m1/s1. The number of fused-ring (bicyclic) bond motifs is 1. The van der Waals surface area contributed by atoms with E-state index < -0.39 is 0 Å². The molecule has 0 unspecified atom stereocenters. The van der Waals surface area contributed by atoms with Gasteiger partial charge in [-0.3, -0.25) is 9.69 Å². The zero-order valence-corrected chi connectivity index (χ0v) is 10.5. The Hall–Kier alpha value is -1.61. The number of rotatable bonds is 4. The number of ketones is 1. The Morgan fingerprint density at radius 3 is 2.65 bits per heavy atom. The third kappa shape index (κ3) is 2.56. The van der Waals surface area contributed by atoms with Crippen LogP contribution in [0.25, 0.3) is 10.9 Å². The topological polar surface area (TPSA) is 36.1 Å². The summed E-state index contributed by atoms with van der Waals surface area (Å²) in [4.78, 5) is 16.9. The fourth-order valence-electron chi connectivity index (χ4n) is 2.14. The maximum atomic E-state index is 11.5. The number of H-pyrrole nitrogens is 1. The number of nitrogens with one attached hydrogen (secondary N) is 1. The number of aromatic nitrogens is 1. The number of hydrogen-bond donors (Lipinski definition) is 1. The van der Waals surface area contributed by atoms with Crippen molar-refractivity contribution in [2.24, 2.45) is 0 Å². The van der Waals surface area contributed by atoms with Crippen molar-refractivity contribution >= 4 is 16.7 Å². The lowest BCUT2D eigenvalue weighted by Crippen LogP contribution is -2.36. The first kappa shape index (κ1) is 11.9. The van der Waals surface area contributed by atoms with Crippen molar-refractivity contribution in [2.75, 3.05) is 14.1 Å². The Bertz CT molecular complexity index is 495. The van der Waals surface area contributed by atoms with E-state index in [4.69, 9.17) is 0 Å². The summed E-state index contributed by atoms with van der Waals surface area (Å²) in [6.07, 6.45) is 0.733. The summed E-state index contributed by atoms with van der Waals surface area (Å²) in [6.45, 7) is 1.65. The van der Waals surface area contributed by atoms with Crippen molar-refractivity contribution in [2.45, 2.75) is 19.4 Å². The highest BCUT2D eigenvalue weighted by Gasteiger charge is 2.17. The van der Waals surface area contributed by atoms with Gasteiger partial charge in [-0.05, 0) is 38.5 Å². The predicted molar refractivity (Wildman–Crippen MR) is 70.2 cm³/mol. The van der Waals surface area contributed by atoms with Gasteiger partial charge < -0.3 is 4.98 Å². The molecule has 0 aliphatic carbocycles. The lowest BCUT2D eigenvalue weighted by Gasteiger charge is -2.20. The van der Waals surface area contributed by atoms with Crippen LogP contribution in [0.4, 0.5) is 0 Å². The summed E-state index contributed by atoms with van der Waals surface area (Å²) in [5.41, 5.74) is 2.24. The van der Waals surface area contributed by atoms with Crippen LogP contribution < -0.4 is 0 Å². The molecule has 1 atom stereocenters. The number of para-hydroxylation sites is 1. The molecule has 2 aromatic rings. The van der Waals surface area contributed by atoms with E-state index in [0.717, 1.165) is 17.6 Å². The number of carbonyl (C=O) groups excluding carboxylic acids is 1. The highest BCUT2D eigenvalue weighted by Crippen LogP contribution is 2.16. The molecule has 0 radical (unpaired) electrons. The zero-order chi connectivity index (χ0) is 12.4. The molecule has 3 heteroatoms. The van der Waals surface area contributed by atoms with Gasteiger partial charge in [0, 0.05) is 17.6 Å². The molecule has 0 aliphatic rings. The maximum absolute atomic E-state index is 11.5. The second kappa shape index (κ2) is 4.72. The van der Waals surface area contributed by atoms with E-state index in [2.05, 4.69) is 23.2 Å². The van der Waals surface area contributed by atoms with Crippen molar-refractivity contribution in [3.05, 3.63) is 36.0 Å². The molecule has 0 amide bonds. The average molecular weight is 230 g/mol. The molecule has 90 valence electrons. The summed E-state index contributed by atoms with van der Waals surface area (Å²) < 4.78 is 0. The van der Waals surface area contributed by atoms with Crippen LogP contribution in [-0.4, -0.2) is 35.8 Å². The fourth-order valence-corrected chi connectivity index (χ4v) is 2.14. The summed E-state index contributed by atoms with van der Waals surface area (Å²) in [6, 6.07) is 10.2. The van der Waals surface area contributed by atoms with Gasteiger partial charge in [-0.1, -0.05) is 18.2 Å². The van der Waals surface area contributed by atoms with Gasteiger partial charge in [0.05, 0.1) is 6.04 Å². The van der Waals surface area contributed by atoms with Gasteiger partial charge in [0.15, 0.2) is 0 Å². The summed E-state index contributed by atoms with van der Waals surface area (Å²) in [5.74, 6) is 0.202. The van der Waals surface area contributed by atoms with Gasteiger partial charge in [0.1, 0.15) is 5.78 Å². The van der Waals surface area contributed by atoms with E-state index in [1.165, 1.54) is 5.39 Å². The highest BCUT2D eigenvalue weighted by molar-refractivity contribution is 5.83. The largest absolute Gasteiger partial charge is 0.358 e. The normalized spacial score (nSPS) is 13.2. The molecule has 17 heavy (non-hydrogen) atoms.